The first kappa shape index (κ1) is 14.4. The van der Waals surface area contributed by atoms with Gasteiger partial charge in [0.15, 0.2) is 11.5 Å². The van der Waals surface area contributed by atoms with E-state index in [4.69, 9.17) is 22.1 Å². The molecule has 2 rings (SSSR count). The highest BCUT2D eigenvalue weighted by Crippen LogP contribution is 2.46. The number of methoxy groups -OCH3 is 1. The third-order valence-electron chi connectivity index (χ3n) is 4.13. The predicted molar refractivity (Wildman–Crippen MR) is 73.4 cm³/mol. The van der Waals surface area contributed by atoms with Crippen LogP contribution < -0.4 is 10.5 Å². The number of phenols is 1. The van der Waals surface area contributed by atoms with Crippen molar-refractivity contribution >= 4 is 11.6 Å². The van der Waals surface area contributed by atoms with Gasteiger partial charge < -0.3 is 15.6 Å². The van der Waals surface area contributed by atoms with Gasteiger partial charge in [-0.05, 0) is 18.9 Å². The summed E-state index contributed by atoms with van der Waals surface area (Å²) in [5, 5.41) is 10.3. The number of rotatable bonds is 3. The number of hydrogen-bond acceptors (Lipinski definition) is 3. The molecule has 5 heteroatoms. The van der Waals surface area contributed by atoms with Crippen LogP contribution in [0.2, 0.25) is 5.02 Å². The average molecular weight is 288 g/mol. The van der Waals surface area contributed by atoms with Crippen molar-refractivity contribution < 1.29 is 14.2 Å². The van der Waals surface area contributed by atoms with E-state index in [1.54, 1.807) is 6.07 Å². The zero-order chi connectivity index (χ0) is 14.0. The van der Waals surface area contributed by atoms with E-state index in [-0.39, 0.29) is 21.9 Å². The first-order valence-electron chi connectivity index (χ1n) is 6.51. The minimum Gasteiger partial charge on any atom is -0.505 e. The van der Waals surface area contributed by atoms with Crippen LogP contribution in [-0.2, 0) is 5.41 Å². The van der Waals surface area contributed by atoms with Crippen LogP contribution in [0.15, 0.2) is 6.07 Å². The lowest BCUT2D eigenvalue weighted by Crippen LogP contribution is -2.37. The Hall–Kier alpha value is -1.00. The van der Waals surface area contributed by atoms with Gasteiger partial charge in [0, 0.05) is 17.5 Å². The second kappa shape index (κ2) is 5.55. The van der Waals surface area contributed by atoms with E-state index in [0.717, 1.165) is 32.1 Å². The standard InChI is InChI=1S/C14H19ClFNO2/c1-19-13-10(15)7-9(12(18)11(13)16)14(8-17)5-3-2-4-6-14/h7,18H,2-6,8,17H2,1H3. The van der Waals surface area contributed by atoms with Crippen molar-refractivity contribution in [2.24, 2.45) is 5.73 Å². The van der Waals surface area contributed by atoms with Crippen molar-refractivity contribution in [3.05, 3.63) is 22.5 Å². The topological polar surface area (TPSA) is 55.5 Å². The van der Waals surface area contributed by atoms with Gasteiger partial charge in [-0.2, -0.15) is 4.39 Å². The van der Waals surface area contributed by atoms with Crippen LogP contribution in [0.3, 0.4) is 0 Å². The minimum atomic E-state index is -0.802. The minimum absolute atomic E-state index is 0.120. The lowest BCUT2D eigenvalue weighted by atomic mass is 9.69. The molecule has 0 unspecified atom stereocenters. The summed E-state index contributed by atoms with van der Waals surface area (Å²) >= 11 is 6.03. The number of ether oxygens (including phenoxy) is 1. The normalized spacial score (nSPS) is 18.3. The van der Waals surface area contributed by atoms with Crippen LogP contribution in [-0.4, -0.2) is 18.8 Å². The van der Waals surface area contributed by atoms with E-state index in [2.05, 4.69) is 0 Å². The Kier molecular flexibility index (Phi) is 4.21. The van der Waals surface area contributed by atoms with E-state index in [1.165, 1.54) is 7.11 Å². The van der Waals surface area contributed by atoms with Gasteiger partial charge in [-0.1, -0.05) is 30.9 Å². The summed E-state index contributed by atoms with van der Waals surface area (Å²) in [5.41, 5.74) is 6.04. The van der Waals surface area contributed by atoms with Crippen LogP contribution in [0.1, 0.15) is 37.7 Å². The highest BCUT2D eigenvalue weighted by molar-refractivity contribution is 6.32. The Morgan fingerprint density at radius 3 is 2.58 bits per heavy atom. The van der Waals surface area contributed by atoms with Crippen LogP contribution in [0.4, 0.5) is 4.39 Å². The van der Waals surface area contributed by atoms with Crippen molar-refractivity contribution in [1.29, 1.82) is 0 Å². The predicted octanol–water partition coefficient (Wildman–Crippen LogP) is 3.35. The molecule has 1 fully saturated rings. The first-order valence-corrected chi connectivity index (χ1v) is 6.89. The fourth-order valence-corrected chi connectivity index (χ4v) is 3.26. The fourth-order valence-electron chi connectivity index (χ4n) is 2.99. The molecule has 3 nitrogen and oxygen atoms in total. The Morgan fingerprint density at radius 1 is 1.42 bits per heavy atom. The van der Waals surface area contributed by atoms with Crippen LogP contribution in [0.5, 0.6) is 11.5 Å². The second-order valence-corrected chi connectivity index (χ2v) is 5.55. The summed E-state index contributed by atoms with van der Waals surface area (Å²) in [6.45, 7) is 0.378. The van der Waals surface area contributed by atoms with Crippen LogP contribution in [0, 0.1) is 5.82 Å². The fraction of sp³-hybridized carbons (Fsp3) is 0.571. The summed E-state index contributed by atoms with van der Waals surface area (Å²) in [4.78, 5) is 0. The Balaban J connectivity index is 2.55. The van der Waals surface area contributed by atoms with Gasteiger partial charge in [-0.25, -0.2) is 0 Å². The molecule has 0 heterocycles. The van der Waals surface area contributed by atoms with Crippen molar-refractivity contribution in [2.75, 3.05) is 13.7 Å². The maximum absolute atomic E-state index is 14.1. The van der Waals surface area contributed by atoms with E-state index < -0.39 is 5.82 Å². The van der Waals surface area contributed by atoms with Gasteiger partial charge in [-0.15, -0.1) is 0 Å². The SMILES string of the molecule is COc1c(Cl)cc(C2(CN)CCCCC2)c(O)c1F. The summed E-state index contributed by atoms with van der Waals surface area (Å²) in [7, 11) is 1.32. The molecule has 0 aliphatic heterocycles. The van der Waals surface area contributed by atoms with E-state index >= 15 is 0 Å². The molecular formula is C14H19ClFNO2. The number of aromatic hydroxyl groups is 1. The summed E-state index contributed by atoms with van der Waals surface area (Å²) in [6, 6.07) is 1.59. The molecule has 0 saturated heterocycles. The summed E-state index contributed by atoms with van der Waals surface area (Å²) in [5.74, 6) is -1.30. The second-order valence-electron chi connectivity index (χ2n) is 5.15. The Morgan fingerprint density at radius 2 is 2.05 bits per heavy atom. The zero-order valence-corrected chi connectivity index (χ0v) is 11.8. The third kappa shape index (κ3) is 2.39. The maximum Gasteiger partial charge on any atom is 0.208 e. The van der Waals surface area contributed by atoms with Gasteiger partial charge in [0.2, 0.25) is 5.82 Å². The maximum atomic E-state index is 14.1. The lowest BCUT2D eigenvalue weighted by Gasteiger charge is -2.37. The highest BCUT2D eigenvalue weighted by atomic mass is 35.5. The average Bonchev–Trinajstić information content (AvgIpc) is 2.44. The summed E-state index contributed by atoms with van der Waals surface area (Å²) in [6.07, 6.45) is 4.90. The number of nitrogens with two attached hydrogens (primary N) is 1. The first-order chi connectivity index (χ1) is 9.05. The Labute approximate surface area is 117 Å². The number of halogens is 2. The zero-order valence-electron chi connectivity index (χ0n) is 11.0. The van der Waals surface area contributed by atoms with Crippen LogP contribution in [0.25, 0.3) is 0 Å². The van der Waals surface area contributed by atoms with Gasteiger partial charge in [0.05, 0.1) is 12.1 Å². The molecule has 1 aliphatic rings. The summed E-state index contributed by atoms with van der Waals surface area (Å²) < 4.78 is 19.0. The van der Waals surface area contributed by atoms with Gasteiger partial charge >= 0.3 is 0 Å². The quantitative estimate of drug-likeness (QED) is 0.896. The van der Waals surface area contributed by atoms with Crippen molar-refractivity contribution in [1.82, 2.24) is 0 Å². The molecule has 3 N–H and O–H groups in total. The van der Waals surface area contributed by atoms with Gasteiger partial charge in [0.1, 0.15) is 0 Å². The molecule has 106 valence electrons. The molecule has 1 aromatic rings. The number of benzene rings is 1. The molecule has 19 heavy (non-hydrogen) atoms. The highest BCUT2D eigenvalue weighted by Gasteiger charge is 2.37. The molecule has 0 atom stereocenters. The lowest BCUT2D eigenvalue weighted by molar-refractivity contribution is 0.284. The van der Waals surface area contributed by atoms with E-state index in [9.17, 15) is 9.50 Å². The molecule has 1 saturated carbocycles. The molecule has 0 spiro atoms. The van der Waals surface area contributed by atoms with Gasteiger partial charge in [-0.3, -0.25) is 0 Å². The van der Waals surface area contributed by atoms with Crippen molar-refractivity contribution in [2.45, 2.75) is 37.5 Å². The number of hydrogen-bond donors (Lipinski definition) is 2. The van der Waals surface area contributed by atoms with Gasteiger partial charge in [0.25, 0.3) is 0 Å². The molecular weight excluding hydrogens is 269 g/mol. The third-order valence-corrected chi connectivity index (χ3v) is 4.41. The van der Waals surface area contributed by atoms with E-state index in [0.29, 0.717) is 12.1 Å². The largest absolute Gasteiger partial charge is 0.505 e. The monoisotopic (exact) mass is 287 g/mol. The molecule has 0 radical (unpaired) electrons. The molecule has 1 aromatic carbocycles. The molecule has 1 aliphatic carbocycles. The Bertz CT molecular complexity index is 473. The number of phenolic OH excluding ortho intramolecular Hbond substituents is 1. The van der Waals surface area contributed by atoms with E-state index in [1.807, 2.05) is 0 Å². The van der Waals surface area contributed by atoms with Crippen LogP contribution >= 0.6 is 11.6 Å². The van der Waals surface area contributed by atoms with Crippen molar-refractivity contribution in [3.63, 3.8) is 0 Å². The molecule has 0 bridgehead atoms. The molecule has 0 amide bonds. The van der Waals surface area contributed by atoms with Crippen molar-refractivity contribution in [3.8, 4) is 11.5 Å². The smallest absolute Gasteiger partial charge is 0.208 e. The molecule has 0 aromatic heterocycles.